The van der Waals surface area contributed by atoms with Gasteiger partial charge in [-0.2, -0.15) is 26.3 Å². The molecule has 21 heteroatoms. The molecule has 0 radical (unpaired) electrons. The molecule has 6 rings (SSSR count). The van der Waals surface area contributed by atoms with E-state index in [2.05, 4.69) is 0 Å². The topological polar surface area (TPSA) is 151 Å². The van der Waals surface area contributed by atoms with Crippen molar-refractivity contribution in [3.05, 3.63) is 106 Å². The van der Waals surface area contributed by atoms with Crippen molar-refractivity contribution in [2.24, 2.45) is 0 Å². The lowest BCUT2D eigenvalue weighted by Crippen LogP contribution is -2.49. The van der Waals surface area contributed by atoms with Gasteiger partial charge in [-0.15, -0.1) is 0 Å². The molecule has 2 amide bonds. The molecule has 4 aromatic rings. The second-order valence-corrected chi connectivity index (χ2v) is 22.2. The van der Waals surface area contributed by atoms with E-state index in [-0.39, 0.29) is 108 Å². The van der Waals surface area contributed by atoms with Gasteiger partial charge in [0.15, 0.2) is 19.7 Å². The highest BCUT2D eigenvalue weighted by Gasteiger charge is 2.41. The molecule has 70 heavy (non-hydrogen) atoms. The number of carbonyl (C=O) groups is 3. The van der Waals surface area contributed by atoms with Gasteiger partial charge in [0.2, 0.25) is 0 Å². The van der Waals surface area contributed by atoms with E-state index in [9.17, 15) is 57.6 Å². The first-order valence-electron chi connectivity index (χ1n) is 22.5. The highest BCUT2D eigenvalue weighted by Crippen LogP contribution is 2.43. The molecule has 0 spiro atoms. The minimum absolute atomic E-state index is 0.0226. The number of hydrogen-bond donors (Lipinski definition) is 0. The number of carbonyl (C=O) groups excluding carboxylic acids is 3. The van der Waals surface area contributed by atoms with Crippen LogP contribution in [0.5, 0.6) is 11.5 Å². The Bertz CT molecular complexity index is 2670. The van der Waals surface area contributed by atoms with Crippen LogP contribution in [-0.2, 0) is 36.8 Å². The Morgan fingerprint density at radius 2 is 0.829 bits per heavy atom. The third-order valence-electron chi connectivity index (χ3n) is 12.3. The minimum Gasteiger partial charge on any atom is -0.490 e. The minimum atomic E-state index is -4.96. The van der Waals surface area contributed by atoms with E-state index in [0.717, 1.165) is 36.8 Å². The summed E-state index contributed by atoms with van der Waals surface area (Å²) >= 11 is 0. The summed E-state index contributed by atoms with van der Waals surface area (Å²) in [6.07, 6.45) is -8.59. The second kappa shape index (κ2) is 20.5. The molecule has 2 atom stereocenters. The van der Waals surface area contributed by atoms with E-state index in [1.807, 2.05) is 0 Å². The van der Waals surface area contributed by atoms with Crippen molar-refractivity contribution < 1.29 is 67.0 Å². The van der Waals surface area contributed by atoms with Gasteiger partial charge in [0.1, 0.15) is 17.3 Å². The van der Waals surface area contributed by atoms with Gasteiger partial charge in [-0.25, -0.2) is 16.8 Å². The summed E-state index contributed by atoms with van der Waals surface area (Å²) in [7, 11) is -7.35. The molecule has 2 fully saturated rings. The van der Waals surface area contributed by atoms with Crippen LogP contribution in [0.3, 0.4) is 0 Å². The largest absolute Gasteiger partial charge is 0.490 e. The fraction of sp³-hybridized carbons (Fsp3) is 0.449. The third kappa shape index (κ3) is 12.2. The lowest BCUT2D eigenvalue weighted by molar-refractivity contribution is -0.138. The Kier molecular flexibility index (Phi) is 15.7. The van der Waals surface area contributed by atoms with Gasteiger partial charge in [0, 0.05) is 88.1 Å². The number of rotatable bonds is 14. The van der Waals surface area contributed by atoms with E-state index in [1.54, 1.807) is 37.5 Å². The molecule has 0 aliphatic carbocycles. The SMILES string of the molecule is CC(C)Oc1ccc(S(C)(=O)=O)cc1C(=O)N1CCN(c2ccc(C(C)C(=O)C(C)c3ccc(N4CCN(C(=O)c5cc(S(C)(=O)=O)ccc5OC(C)C)CC4)cc3C(F)(F)F)c(C(F)(F)F)c2)CC1. The van der Waals surface area contributed by atoms with Crippen molar-refractivity contribution in [2.75, 3.05) is 74.7 Å². The Morgan fingerprint density at radius 3 is 1.11 bits per heavy atom. The molecule has 2 aliphatic rings. The van der Waals surface area contributed by atoms with Gasteiger partial charge in [0.05, 0.1) is 44.3 Å². The molecule has 2 unspecified atom stereocenters. The Morgan fingerprint density at radius 1 is 0.500 bits per heavy atom. The molecular formula is C49H56F6N4O9S2. The van der Waals surface area contributed by atoms with Gasteiger partial charge < -0.3 is 29.1 Å². The lowest BCUT2D eigenvalue weighted by Gasteiger charge is -2.37. The zero-order valence-corrected chi connectivity index (χ0v) is 41.6. The van der Waals surface area contributed by atoms with Gasteiger partial charge >= 0.3 is 12.4 Å². The summed E-state index contributed by atoms with van der Waals surface area (Å²) in [6.45, 7) is 10.1. The fourth-order valence-electron chi connectivity index (χ4n) is 8.61. The van der Waals surface area contributed by atoms with Crippen LogP contribution in [-0.4, -0.2) is 121 Å². The highest BCUT2D eigenvalue weighted by molar-refractivity contribution is 7.91. The van der Waals surface area contributed by atoms with Gasteiger partial charge in [-0.05, 0) is 99.5 Å². The van der Waals surface area contributed by atoms with Crippen molar-refractivity contribution in [3.8, 4) is 11.5 Å². The monoisotopic (exact) mass is 1020 g/mol. The molecule has 13 nitrogen and oxygen atoms in total. The standard InChI is InChI=1S/C49H56F6N4O9S2/c1-29(2)67-43-15-11-35(69(7,63)64)27-39(43)46(61)58-21-17-56(18-22-58)33-9-13-37(41(25-33)48(50,51)52)31(5)45(60)32(6)38-14-10-34(26-42(38)49(53,54)55)57-19-23-59(24-20-57)47(62)40-28-36(70(8,65)66)12-16-44(40)68-30(3)4/h9-16,25-32H,17-24H2,1-8H3. The van der Waals surface area contributed by atoms with Gasteiger partial charge in [-0.3, -0.25) is 14.4 Å². The summed E-state index contributed by atoms with van der Waals surface area (Å²) in [4.78, 5) is 47.4. The van der Waals surface area contributed by atoms with Crippen molar-refractivity contribution in [2.45, 2.75) is 87.7 Å². The number of Topliss-reactive ketones (excluding diaryl/α,β-unsaturated/α-hetero) is 1. The maximum Gasteiger partial charge on any atom is 0.416 e. The summed E-state index contributed by atoms with van der Waals surface area (Å²) in [5.41, 5.74) is -2.79. The van der Waals surface area contributed by atoms with Crippen LogP contribution in [0.1, 0.15) is 96.3 Å². The van der Waals surface area contributed by atoms with Crippen LogP contribution in [0.25, 0.3) is 0 Å². The predicted molar refractivity (Wildman–Crippen MR) is 252 cm³/mol. The number of amides is 2. The van der Waals surface area contributed by atoms with Crippen LogP contribution < -0.4 is 19.3 Å². The first-order chi connectivity index (χ1) is 32.4. The Balaban J connectivity index is 1.17. The quantitative estimate of drug-likeness (QED) is 0.112. The molecule has 4 aromatic carbocycles. The number of piperazine rings is 2. The third-order valence-corrected chi connectivity index (χ3v) is 14.5. The summed E-state index contributed by atoms with van der Waals surface area (Å²) in [6, 6.07) is 14.8. The van der Waals surface area contributed by atoms with Crippen molar-refractivity contribution in [3.63, 3.8) is 0 Å². The number of benzene rings is 4. The van der Waals surface area contributed by atoms with Crippen LogP contribution in [0.2, 0.25) is 0 Å². The van der Waals surface area contributed by atoms with Crippen LogP contribution in [0.15, 0.2) is 82.6 Å². The average molecular weight is 1020 g/mol. The first kappa shape index (κ1) is 53.5. The van der Waals surface area contributed by atoms with Crippen LogP contribution in [0.4, 0.5) is 37.7 Å². The Hall–Kier alpha value is -5.83. The molecule has 0 saturated carbocycles. The molecule has 0 N–H and O–H groups in total. The normalized spacial score (nSPS) is 16.1. The van der Waals surface area contributed by atoms with E-state index in [4.69, 9.17) is 9.47 Å². The maximum absolute atomic E-state index is 14.8. The van der Waals surface area contributed by atoms with Gasteiger partial charge in [0.25, 0.3) is 11.8 Å². The molecule has 2 saturated heterocycles. The molecule has 0 aromatic heterocycles. The van der Waals surface area contributed by atoms with Crippen molar-refractivity contribution >= 4 is 48.6 Å². The number of hydrogen-bond acceptors (Lipinski definition) is 11. The summed E-state index contributed by atoms with van der Waals surface area (Å²) < 4.78 is 150. The number of anilines is 2. The fourth-order valence-corrected chi connectivity index (χ4v) is 9.91. The number of nitrogens with zero attached hydrogens (tertiary/aromatic N) is 4. The van der Waals surface area contributed by atoms with Crippen LogP contribution in [0, 0.1) is 0 Å². The van der Waals surface area contributed by atoms with E-state index >= 15 is 0 Å². The molecule has 2 heterocycles. The molecular weight excluding hydrogens is 967 g/mol. The van der Waals surface area contributed by atoms with Gasteiger partial charge in [-0.1, -0.05) is 26.0 Å². The van der Waals surface area contributed by atoms with E-state index < -0.39 is 83.7 Å². The zero-order valence-electron chi connectivity index (χ0n) is 39.9. The first-order valence-corrected chi connectivity index (χ1v) is 26.3. The predicted octanol–water partition coefficient (Wildman–Crippen LogP) is 8.51. The van der Waals surface area contributed by atoms with Crippen molar-refractivity contribution in [1.29, 1.82) is 0 Å². The maximum atomic E-state index is 14.8. The molecule has 2 aliphatic heterocycles. The van der Waals surface area contributed by atoms with Crippen molar-refractivity contribution in [1.82, 2.24) is 9.80 Å². The summed E-state index contributed by atoms with van der Waals surface area (Å²) in [5.74, 6) is -4.54. The average Bonchev–Trinajstić information content (AvgIpc) is 3.28. The van der Waals surface area contributed by atoms with E-state index in [0.29, 0.717) is 0 Å². The van der Waals surface area contributed by atoms with E-state index in [1.165, 1.54) is 72.2 Å². The zero-order chi connectivity index (χ0) is 51.8. The number of sulfone groups is 2. The van der Waals surface area contributed by atoms with Crippen LogP contribution >= 0.6 is 0 Å². The second-order valence-electron chi connectivity index (χ2n) is 18.1. The summed E-state index contributed by atoms with van der Waals surface area (Å²) in [5, 5.41) is 0. The number of alkyl halides is 6. The number of ether oxygens (including phenoxy) is 2. The lowest BCUT2D eigenvalue weighted by atomic mass is 9.82. The number of halogens is 6. The smallest absolute Gasteiger partial charge is 0.416 e. The number of ketones is 1. The molecule has 380 valence electrons. The molecule has 0 bridgehead atoms. The highest BCUT2D eigenvalue weighted by atomic mass is 32.2. The Labute approximate surface area is 404 Å².